The predicted octanol–water partition coefficient (Wildman–Crippen LogP) is 2.83. The van der Waals surface area contributed by atoms with Crippen molar-refractivity contribution in [3.05, 3.63) is 41.5 Å². The SMILES string of the molecule is COc1cc(C#Cc2cc(OC)c(O)c(OC)c2)cc(OC)c1. The summed E-state index contributed by atoms with van der Waals surface area (Å²) in [6.45, 7) is 0. The van der Waals surface area contributed by atoms with Gasteiger partial charge in [-0.1, -0.05) is 11.8 Å². The van der Waals surface area contributed by atoms with Crippen LogP contribution in [0.15, 0.2) is 30.3 Å². The molecular formula is C18H18O5. The fourth-order valence-corrected chi connectivity index (χ4v) is 1.99. The molecule has 0 saturated carbocycles. The highest BCUT2D eigenvalue weighted by molar-refractivity contribution is 5.58. The van der Waals surface area contributed by atoms with Crippen molar-refractivity contribution in [1.82, 2.24) is 0 Å². The quantitative estimate of drug-likeness (QED) is 0.880. The molecule has 0 aliphatic rings. The van der Waals surface area contributed by atoms with Crippen LogP contribution in [0, 0.1) is 11.8 Å². The van der Waals surface area contributed by atoms with E-state index in [1.54, 1.807) is 32.4 Å². The van der Waals surface area contributed by atoms with E-state index >= 15 is 0 Å². The number of ether oxygens (including phenoxy) is 4. The summed E-state index contributed by atoms with van der Waals surface area (Å²) in [5.74, 6) is 7.91. The van der Waals surface area contributed by atoms with Gasteiger partial charge < -0.3 is 24.1 Å². The molecule has 0 bridgehead atoms. The topological polar surface area (TPSA) is 57.2 Å². The van der Waals surface area contributed by atoms with Crippen molar-refractivity contribution in [3.8, 4) is 40.6 Å². The van der Waals surface area contributed by atoms with Crippen LogP contribution >= 0.6 is 0 Å². The molecule has 0 amide bonds. The number of hydrogen-bond acceptors (Lipinski definition) is 5. The van der Waals surface area contributed by atoms with Crippen LogP contribution in [0.1, 0.15) is 11.1 Å². The Kier molecular flexibility index (Phi) is 5.21. The Morgan fingerprint density at radius 1 is 0.652 bits per heavy atom. The van der Waals surface area contributed by atoms with Crippen molar-refractivity contribution in [2.45, 2.75) is 0 Å². The van der Waals surface area contributed by atoms with Crippen LogP contribution in [0.4, 0.5) is 0 Å². The molecule has 0 aliphatic carbocycles. The van der Waals surface area contributed by atoms with Gasteiger partial charge in [0.05, 0.1) is 28.4 Å². The average molecular weight is 314 g/mol. The van der Waals surface area contributed by atoms with E-state index in [0.29, 0.717) is 28.6 Å². The molecule has 0 saturated heterocycles. The van der Waals surface area contributed by atoms with Crippen LogP contribution in [-0.2, 0) is 0 Å². The molecular weight excluding hydrogens is 296 g/mol. The highest BCUT2D eigenvalue weighted by Crippen LogP contribution is 2.36. The summed E-state index contributed by atoms with van der Waals surface area (Å²) in [5.41, 5.74) is 1.39. The summed E-state index contributed by atoms with van der Waals surface area (Å²) >= 11 is 0. The lowest BCUT2D eigenvalue weighted by Gasteiger charge is -2.08. The molecule has 0 fully saturated rings. The summed E-state index contributed by atoms with van der Waals surface area (Å²) in [6.07, 6.45) is 0. The van der Waals surface area contributed by atoms with E-state index in [1.807, 2.05) is 12.1 Å². The van der Waals surface area contributed by atoms with Crippen LogP contribution in [-0.4, -0.2) is 33.5 Å². The van der Waals surface area contributed by atoms with E-state index in [-0.39, 0.29) is 5.75 Å². The van der Waals surface area contributed by atoms with E-state index < -0.39 is 0 Å². The first kappa shape index (κ1) is 16.4. The molecule has 2 rings (SSSR count). The highest BCUT2D eigenvalue weighted by atomic mass is 16.5. The van der Waals surface area contributed by atoms with Gasteiger partial charge in [0, 0.05) is 17.2 Å². The van der Waals surface area contributed by atoms with Crippen LogP contribution in [0.2, 0.25) is 0 Å². The van der Waals surface area contributed by atoms with Crippen molar-refractivity contribution in [3.63, 3.8) is 0 Å². The fourth-order valence-electron chi connectivity index (χ4n) is 1.99. The number of methoxy groups -OCH3 is 4. The molecule has 0 aliphatic heterocycles. The molecule has 0 unspecified atom stereocenters. The molecule has 0 aromatic heterocycles. The molecule has 23 heavy (non-hydrogen) atoms. The largest absolute Gasteiger partial charge is 0.502 e. The first-order valence-electron chi connectivity index (χ1n) is 6.81. The monoisotopic (exact) mass is 314 g/mol. The average Bonchev–Trinajstić information content (AvgIpc) is 2.60. The van der Waals surface area contributed by atoms with E-state index in [1.165, 1.54) is 14.2 Å². The smallest absolute Gasteiger partial charge is 0.200 e. The second kappa shape index (κ2) is 7.32. The molecule has 120 valence electrons. The second-order valence-corrected chi connectivity index (χ2v) is 4.58. The van der Waals surface area contributed by atoms with Gasteiger partial charge in [-0.15, -0.1) is 0 Å². The van der Waals surface area contributed by atoms with Crippen LogP contribution in [0.3, 0.4) is 0 Å². The Bertz CT molecular complexity index is 708. The maximum atomic E-state index is 9.90. The first-order valence-corrected chi connectivity index (χ1v) is 6.81. The Balaban J connectivity index is 2.42. The Morgan fingerprint density at radius 2 is 1.09 bits per heavy atom. The zero-order chi connectivity index (χ0) is 16.8. The lowest BCUT2D eigenvalue weighted by molar-refractivity contribution is 0.339. The van der Waals surface area contributed by atoms with E-state index in [0.717, 1.165) is 5.56 Å². The van der Waals surface area contributed by atoms with Gasteiger partial charge in [0.1, 0.15) is 11.5 Å². The Morgan fingerprint density at radius 3 is 1.48 bits per heavy atom. The standard InChI is InChI=1S/C18H18O5/c1-20-14-7-12(8-15(11-14)21-2)5-6-13-9-16(22-3)18(19)17(10-13)23-4/h7-11,19H,1-4H3. The van der Waals surface area contributed by atoms with E-state index in [9.17, 15) is 5.11 Å². The van der Waals surface area contributed by atoms with E-state index in [4.69, 9.17) is 18.9 Å². The molecule has 2 aromatic carbocycles. The highest BCUT2D eigenvalue weighted by Gasteiger charge is 2.10. The summed E-state index contributed by atoms with van der Waals surface area (Å²) < 4.78 is 20.7. The minimum absolute atomic E-state index is 0.0522. The number of rotatable bonds is 4. The summed E-state index contributed by atoms with van der Waals surface area (Å²) in [4.78, 5) is 0. The van der Waals surface area contributed by atoms with Crippen LogP contribution < -0.4 is 18.9 Å². The van der Waals surface area contributed by atoms with Crippen LogP contribution in [0.5, 0.6) is 28.7 Å². The zero-order valence-electron chi connectivity index (χ0n) is 13.5. The van der Waals surface area contributed by atoms with Gasteiger partial charge >= 0.3 is 0 Å². The third-order valence-electron chi connectivity index (χ3n) is 3.18. The van der Waals surface area contributed by atoms with Gasteiger partial charge in [0.25, 0.3) is 0 Å². The van der Waals surface area contributed by atoms with Crippen molar-refractivity contribution in [1.29, 1.82) is 0 Å². The van der Waals surface area contributed by atoms with Crippen molar-refractivity contribution < 1.29 is 24.1 Å². The van der Waals surface area contributed by atoms with Gasteiger partial charge in [-0.25, -0.2) is 0 Å². The number of benzene rings is 2. The Labute approximate surface area is 135 Å². The van der Waals surface area contributed by atoms with Gasteiger partial charge in [0.15, 0.2) is 11.5 Å². The van der Waals surface area contributed by atoms with Gasteiger partial charge in [-0.05, 0) is 24.3 Å². The van der Waals surface area contributed by atoms with Gasteiger partial charge in [0.2, 0.25) is 5.75 Å². The molecule has 2 aromatic rings. The number of phenolic OH excluding ortho intramolecular Hbond substituents is 1. The second-order valence-electron chi connectivity index (χ2n) is 4.58. The lowest BCUT2D eigenvalue weighted by atomic mass is 10.1. The minimum Gasteiger partial charge on any atom is -0.502 e. The minimum atomic E-state index is -0.0522. The Hall–Kier alpha value is -3.00. The summed E-state index contributed by atoms with van der Waals surface area (Å²) in [7, 11) is 6.11. The molecule has 0 radical (unpaired) electrons. The zero-order valence-corrected chi connectivity index (χ0v) is 13.5. The summed E-state index contributed by atoms with van der Waals surface area (Å²) in [6, 6.07) is 8.68. The van der Waals surface area contributed by atoms with E-state index in [2.05, 4.69) is 11.8 Å². The molecule has 0 heterocycles. The normalized spacial score (nSPS) is 9.57. The number of phenols is 1. The lowest BCUT2D eigenvalue weighted by Crippen LogP contribution is -1.91. The number of aromatic hydroxyl groups is 1. The number of hydrogen-bond donors (Lipinski definition) is 1. The predicted molar refractivity (Wildman–Crippen MR) is 86.7 cm³/mol. The van der Waals surface area contributed by atoms with Crippen LogP contribution in [0.25, 0.3) is 0 Å². The summed E-state index contributed by atoms with van der Waals surface area (Å²) in [5, 5.41) is 9.90. The maximum Gasteiger partial charge on any atom is 0.200 e. The van der Waals surface area contributed by atoms with Gasteiger partial charge in [-0.3, -0.25) is 0 Å². The molecule has 0 atom stereocenters. The maximum absolute atomic E-state index is 9.90. The fraction of sp³-hybridized carbons (Fsp3) is 0.222. The van der Waals surface area contributed by atoms with Crippen molar-refractivity contribution >= 4 is 0 Å². The van der Waals surface area contributed by atoms with Gasteiger partial charge in [-0.2, -0.15) is 0 Å². The first-order chi connectivity index (χ1) is 11.1. The van der Waals surface area contributed by atoms with Crippen molar-refractivity contribution in [2.75, 3.05) is 28.4 Å². The molecule has 5 nitrogen and oxygen atoms in total. The molecule has 1 N–H and O–H groups in total. The third kappa shape index (κ3) is 3.80. The molecule has 5 heteroatoms. The van der Waals surface area contributed by atoms with Crippen molar-refractivity contribution in [2.24, 2.45) is 0 Å². The molecule has 0 spiro atoms. The third-order valence-corrected chi connectivity index (χ3v) is 3.18.